The van der Waals surface area contributed by atoms with Gasteiger partial charge in [-0.05, 0) is 58.9 Å². The van der Waals surface area contributed by atoms with Crippen molar-refractivity contribution in [3.63, 3.8) is 0 Å². The maximum absolute atomic E-state index is 13.0. The van der Waals surface area contributed by atoms with Crippen LogP contribution in [-0.4, -0.2) is 67.8 Å². The molecule has 1 aromatic rings. The Hall–Kier alpha value is -2.11. The third kappa shape index (κ3) is 8.31. The van der Waals surface area contributed by atoms with Crippen LogP contribution in [0.5, 0.6) is 0 Å². The van der Waals surface area contributed by atoms with Crippen LogP contribution >= 0.6 is 0 Å². The van der Waals surface area contributed by atoms with Crippen LogP contribution in [-0.2, 0) is 30.4 Å². The number of sulfone groups is 1. The van der Waals surface area contributed by atoms with E-state index in [1.54, 1.807) is 0 Å². The fourth-order valence-corrected chi connectivity index (χ4v) is 4.20. The highest BCUT2D eigenvalue weighted by molar-refractivity contribution is 7.90. The fraction of sp³-hybridized carbons (Fsp3) is 0.636. The number of hydrogen-bond acceptors (Lipinski definition) is 6. The second-order valence-corrected chi connectivity index (χ2v) is 11.8. The van der Waals surface area contributed by atoms with E-state index in [1.807, 2.05) is 58.0 Å². The van der Waals surface area contributed by atoms with Gasteiger partial charge in [-0.1, -0.05) is 30.3 Å². The Balaban J connectivity index is 2.14. The monoisotopic (exact) mass is 482 g/mol. The largest absolute Gasteiger partial charge is 0.481 e. The molecule has 2 atom stereocenters. The molecule has 1 aliphatic rings. The minimum atomic E-state index is -3.37. The lowest BCUT2D eigenvalue weighted by molar-refractivity contribution is -0.123. The second-order valence-electron chi connectivity index (χ2n) is 9.54. The van der Waals surface area contributed by atoms with Crippen molar-refractivity contribution >= 4 is 29.0 Å². The number of aryl methyl sites for hydroxylation is 1. The maximum atomic E-state index is 13.0. The van der Waals surface area contributed by atoms with Crippen molar-refractivity contribution in [2.75, 3.05) is 12.0 Å². The van der Waals surface area contributed by atoms with Gasteiger partial charge in [0, 0.05) is 6.26 Å². The van der Waals surface area contributed by atoms with E-state index in [9.17, 15) is 18.0 Å². The summed E-state index contributed by atoms with van der Waals surface area (Å²) in [5.41, 5.74) is -0.0421. The first-order valence-corrected chi connectivity index (χ1v) is 13.1. The summed E-state index contributed by atoms with van der Waals surface area (Å²) in [4.78, 5) is 24.2. The number of hydrogen-bond donors (Lipinski definition) is 3. The van der Waals surface area contributed by atoms with E-state index in [0.717, 1.165) is 24.7 Å². The van der Waals surface area contributed by atoms with Gasteiger partial charge in [0.1, 0.15) is 15.9 Å². The molecule has 1 aromatic carbocycles. The molecule has 2 rings (SSSR count). The van der Waals surface area contributed by atoms with Crippen molar-refractivity contribution in [3.8, 4) is 0 Å². The number of nitrogens with one attached hydrogen (secondary N) is 2. The Morgan fingerprint density at radius 3 is 2.12 bits per heavy atom. The lowest BCUT2D eigenvalue weighted by Gasteiger charge is -2.32. The van der Waals surface area contributed by atoms with Crippen LogP contribution in [0.3, 0.4) is 0 Å². The van der Waals surface area contributed by atoms with Crippen LogP contribution in [0.2, 0.25) is 0 Å². The highest BCUT2D eigenvalue weighted by Crippen LogP contribution is 2.38. The number of amides is 2. The zero-order chi connectivity index (χ0) is 24.9. The molecule has 0 aliphatic carbocycles. The number of carbonyl (C=O) groups is 2. The number of benzene rings is 1. The molecule has 0 aromatic heterocycles. The quantitative estimate of drug-likeness (QED) is 0.412. The summed E-state index contributed by atoms with van der Waals surface area (Å²) in [6.07, 6.45) is 1.52. The normalized spacial score (nSPS) is 19.0. The number of carbonyl (C=O) groups excluding carboxylic acids is 1. The highest BCUT2D eigenvalue weighted by Gasteiger charge is 2.54. The number of rotatable bonds is 11. The first-order valence-electron chi connectivity index (χ1n) is 11.1. The lowest BCUT2D eigenvalue weighted by Crippen LogP contribution is -2.54. The van der Waals surface area contributed by atoms with Crippen molar-refractivity contribution in [1.29, 1.82) is 0 Å². The topological polar surface area (TPSA) is 131 Å². The van der Waals surface area contributed by atoms with Gasteiger partial charge in [-0.25, -0.2) is 13.2 Å². The van der Waals surface area contributed by atoms with E-state index >= 15 is 0 Å². The lowest BCUT2D eigenvalue weighted by atomic mass is 9.75. The number of carboxylic acid groups (broad SMARTS) is 1. The Kier molecular flexibility index (Phi) is 8.95. The first-order chi connectivity index (χ1) is 15.2. The fourth-order valence-electron chi connectivity index (χ4n) is 3.53. The summed E-state index contributed by atoms with van der Waals surface area (Å²) in [6.45, 7) is 7.65. The van der Waals surface area contributed by atoms with E-state index < -0.39 is 52.1 Å². The standard InChI is InChI=1S/C22H35BN2O7S/c1-21(2)22(3,4)32-23(31-21)18(13-9-12-16-10-7-6-8-11-16)25-19(26)17(24-20(27)28)14-15-33(5,29)30/h6-8,10-11,17-18,24H,9,12-15H2,1-5H3,(H,25,26)(H,27,28)/t17-,18+/m1/s1. The molecule has 184 valence electrons. The van der Waals surface area contributed by atoms with Gasteiger partial charge >= 0.3 is 13.2 Å². The van der Waals surface area contributed by atoms with E-state index in [-0.39, 0.29) is 12.2 Å². The van der Waals surface area contributed by atoms with Gasteiger partial charge in [0.15, 0.2) is 0 Å². The van der Waals surface area contributed by atoms with Gasteiger partial charge in [0.05, 0.1) is 22.9 Å². The molecule has 1 heterocycles. The van der Waals surface area contributed by atoms with Crippen LogP contribution in [0, 0.1) is 0 Å². The van der Waals surface area contributed by atoms with Crippen molar-refractivity contribution in [1.82, 2.24) is 10.6 Å². The first kappa shape index (κ1) is 27.1. The smallest absolute Gasteiger partial charge is 0.465 e. The molecular weight excluding hydrogens is 447 g/mol. The zero-order valence-electron chi connectivity index (χ0n) is 20.0. The molecule has 33 heavy (non-hydrogen) atoms. The van der Waals surface area contributed by atoms with E-state index in [2.05, 4.69) is 10.6 Å². The molecule has 3 N–H and O–H groups in total. The van der Waals surface area contributed by atoms with Gasteiger partial charge in [-0.15, -0.1) is 0 Å². The van der Waals surface area contributed by atoms with Crippen LogP contribution < -0.4 is 10.6 Å². The molecule has 2 amide bonds. The zero-order valence-corrected chi connectivity index (χ0v) is 20.8. The Bertz CT molecular complexity index is 906. The van der Waals surface area contributed by atoms with E-state index in [0.29, 0.717) is 6.42 Å². The summed E-state index contributed by atoms with van der Waals surface area (Å²) < 4.78 is 35.4. The molecule has 0 saturated carbocycles. The van der Waals surface area contributed by atoms with Crippen molar-refractivity contribution in [2.45, 2.75) is 76.6 Å². The molecule has 1 saturated heterocycles. The summed E-state index contributed by atoms with van der Waals surface area (Å²) in [5.74, 6) is -1.47. The summed E-state index contributed by atoms with van der Waals surface area (Å²) in [7, 11) is -4.10. The summed E-state index contributed by atoms with van der Waals surface area (Å²) in [6, 6.07) is 8.72. The highest BCUT2D eigenvalue weighted by atomic mass is 32.2. The average Bonchev–Trinajstić information content (AvgIpc) is 2.91. The molecule has 1 aliphatic heterocycles. The van der Waals surface area contributed by atoms with Crippen molar-refractivity contribution in [2.24, 2.45) is 0 Å². The summed E-state index contributed by atoms with van der Waals surface area (Å²) in [5, 5.41) is 14.1. The Labute approximate surface area is 196 Å². The van der Waals surface area contributed by atoms with Gasteiger partial charge in [-0.2, -0.15) is 0 Å². The molecule has 0 radical (unpaired) electrons. The minimum absolute atomic E-state index is 0.170. The minimum Gasteiger partial charge on any atom is -0.465 e. The Morgan fingerprint density at radius 2 is 1.61 bits per heavy atom. The van der Waals surface area contributed by atoms with Gasteiger partial charge in [0.25, 0.3) is 0 Å². The molecule has 0 unspecified atom stereocenters. The van der Waals surface area contributed by atoms with Crippen molar-refractivity contribution in [3.05, 3.63) is 35.9 Å². The molecule has 0 spiro atoms. The van der Waals surface area contributed by atoms with Crippen LogP contribution in [0.15, 0.2) is 30.3 Å². The van der Waals surface area contributed by atoms with Crippen LogP contribution in [0.4, 0.5) is 4.79 Å². The van der Waals surface area contributed by atoms with Crippen molar-refractivity contribution < 1.29 is 32.4 Å². The second kappa shape index (κ2) is 10.9. The van der Waals surface area contributed by atoms with Gasteiger partial charge in [0.2, 0.25) is 5.91 Å². The molecule has 11 heteroatoms. The predicted octanol–water partition coefficient (Wildman–Crippen LogP) is 2.20. The SMILES string of the molecule is CC1(C)OB([C@H](CCCc2ccccc2)NC(=O)[C@@H](CCS(C)(=O)=O)NC(=O)O)OC1(C)C. The molecular formula is C22H35BN2O7S. The molecule has 0 bridgehead atoms. The maximum Gasteiger partial charge on any atom is 0.481 e. The third-order valence-electron chi connectivity index (χ3n) is 6.14. The average molecular weight is 482 g/mol. The van der Waals surface area contributed by atoms with Gasteiger partial charge in [-0.3, -0.25) is 4.79 Å². The predicted molar refractivity (Wildman–Crippen MR) is 127 cm³/mol. The summed E-state index contributed by atoms with van der Waals surface area (Å²) >= 11 is 0. The molecule has 9 nitrogen and oxygen atoms in total. The van der Waals surface area contributed by atoms with Gasteiger partial charge < -0.3 is 25.0 Å². The van der Waals surface area contributed by atoms with E-state index in [4.69, 9.17) is 14.4 Å². The Morgan fingerprint density at radius 1 is 1.03 bits per heavy atom. The van der Waals surface area contributed by atoms with Crippen LogP contribution in [0.25, 0.3) is 0 Å². The van der Waals surface area contributed by atoms with Crippen LogP contribution in [0.1, 0.15) is 52.5 Å². The third-order valence-corrected chi connectivity index (χ3v) is 7.12. The molecule has 1 fully saturated rings. The van der Waals surface area contributed by atoms with E-state index in [1.165, 1.54) is 0 Å².